The van der Waals surface area contributed by atoms with Gasteiger partial charge in [-0.25, -0.2) is 9.67 Å². The van der Waals surface area contributed by atoms with Crippen molar-refractivity contribution in [2.75, 3.05) is 0 Å². The highest BCUT2D eigenvalue weighted by atomic mass is 35.5. The highest BCUT2D eigenvalue weighted by Gasteiger charge is 2.02. The highest BCUT2D eigenvalue weighted by Crippen LogP contribution is 2.01. The molecule has 0 aliphatic carbocycles. The van der Waals surface area contributed by atoms with E-state index in [9.17, 15) is 0 Å². The second-order valence-electron chi connectivity index (χ2n) is 2.71. The Balaban J connectivity index is 2.77. The van der Waals surface area contributed by atoms with Gasteiger partial charge in [-0.3, -0.25) is 0 Å². The van der Waals surface area contributed by atoms with Crippen molar-refractivity contribution in [3.05, 3.63) is 22.8 Å². The molecular formula is C8H12ClN3O. The summed E-state index contributed by atoms with van der Waals surface area (Å²) in [5.41, 5.74) is 0. The Morgan fingerprint density at radius 2 is 2.38 bits per heavy atom. The monoisotopic (exact) mass is 201 g/mol. The SMILES string of the molecule is C/C(Cl)=C/Cn1nc(CO)nc1C. The molecule has 0 bridgehead atoms. The van der Waals surface area contributed by atoms with Crippen LogP contribution in [0.15, 0.2) is 11.1 Å². The number of halogens is 1. The number of aliphatic hydroxyl groups is 1. The molecule has 4 nitrogen and oxygen atoms in total. The molecule has 0 fully saturated rings. The third-order valence-electron chi connectivity index (χ3n) is 1.59. The van der Waals surface area contributed by atoms with Gasteiger partial charge in [0.1, 0.15) is 12.4 Å². The number of nitrogens with zero attached hydrogens (tertiary/aromatic N) is 3. The normalized spacial score (nSPS) is 12.2. The van der Waals surface area contributed by atoms with Crippen LogP contribution in [-0.2, 0) is 13.2 Å². The van der Waals surface area contributed by atoms with Crippen molar-refractivity contribution in [2.45, 2.75) is 27.0 Å². The number of aromatic nitrogens is 3. The summed E-state index contributed by atoms with van der Waals surface area (Å²) in [4.78, 5) is 4.04. The van der Waals surface area contributed by atoms with Crippen LogP contribution in [0.2, 0.25) is 0 Å². The zero-order valence-electron chi connectivity index (χ0n) is 7.66. The predicted molar refractivity (Wildman–Crippen MR) is 50.3 cm³/mol. The number of aliphatic hydroxyl groups excluding tert-OH is 1. The van der Waals surface area contributed by atoms with E-state index >= 15 is 0 Å². The molecule has 1 N–H and O–H groups in total. The number of hydrogen-bond donors (Lipinski definition) is 1. The maximum Gasteiger partial charge on any atom is 0.176 e. The molecule has 1 heterocycles. The Labute approximate surface area is 81.9 Å². The molecule has 0 aliphatic heterocycles. The average molecular weight is 202 g/mol. The minimum atomic E-state index is -0.128. The van der Waals surface area contributed by atoms with E-state index in [1.54, 1.807) is 11.6 Å². The van der Waals surface area contributed by atoms with Gasteiger partial charge in [0, 0.05) is 5.03 Å². The van der Waals surface area contributed by atoms with Gasteiger partial charge in [-0.2, -0.15) is 5.10 Å². The number of rotatable bonds is 3. The second-order valence-corrected chi connectivity index (χ2v) is 3.30. The first-order valence-corrected chi connectivity index (χ1v) is 4.34. The van der Waals surface area contributed by atoms with E-state index in [0.29, 0.717) is 12.4 Å². The Hall–Kier alpha value is -0.870. The first kappa shape index (κ1) is 10.2. The molecule has 0 radical (unpaired) electrons. The van der Waals surface area contributed by atoms with Crippen LogP contribution in [0.3, 0.4) is 0 Å². The van der Waals surface area contributed by atoms with Crippen LogP contribution in [0, 0.1) is 6.92 Å². The molecule has 1 aromatic heterocycles. The summed E-state index contributed by atoms with van der Waals surface area (Å²) in [5.74, 6) is 1.22. The highest BCUT2D eigenvalue weighted by molar-refractivity contribution is 6.29. The van der Waals surface area contributed by atoms with Gasteiger partial charge in [-0.1, -0.05) is 11.6 Å². The molecule has 0 amide bonds. The van der Waals surface area contributed by atoms with Gasteiger partial charge in [-0.05, 0) is 19.9 Å². The Kier molecular flexibility index (Phi) is 3.45. The van der Waals surface area contributed by atoms with Crippen molar-refractivity contribution < 1.29 is 5.11 Å². The molecule has 1 aromatic rings. The first-order valence-electron chi connectivity index (χ1n) is 3.97. The van der Waals surface area contributed by atoms with Crippen molar-refractivity contribution >= 4 is 11.6 Å². The number of allylic oxidation sites excluding steroid dienone is 2. The quantitative estimate of drug-likeness (QED) is 0.800. The van der Waals surface area contributed by atoms with Crippen molar-refractivity contribution in [3.8, 4) is 0 Å². The molecule has 0 aromatic carbocycles. The molecule has 0 saturated carbocycles. The molecule has 0 unspecified atom stereocenters. The van der Waals surface area contributed by atoms with Gasteiger partial charge < -0.3 is 5.11 Å². The van der Waals surface area contributed by atoms with Crippen molar-refractivity contribution in [1.29, 1.82) is 0 Å². The topological polar surface area (TPSA) is 50.9 Å². The lowest BCUT2D eigenvalue weighted by atomic mass is 10.5. The Morgan fingerprint density at radius 3 is 2.85 bits per heavy atom. The summed E-state index contributed by atoms with van der Waals surface area (Å²) in [6.07, 6.45) is 1.84. The van der Waals surface area contributed by atoms with E-state index in [4.69, 9.17) is 16.7 Å². The fourth-order valence-corrected chi connectivity index (χ4v) is 1.000. The van der Waals surface area contributed by atoms with Gasteiger partial charge in [-0.15, -0.1) is 0 Å². The molecule has 13 heavy (non-hydrogen) atoms. The standard InChI is InChI=1S/C8H12ClN3O/c1-6(9)3-4-12-7(2)10-8(5-13)11-12/h3,13H,4-5H2,1-2H3/b6-3-. The van der Waals surface area contributed by atoms with Crippen molar-refractivity contribution in [1.82, 2.24) is 14.8 Å². The van der Waals surface area contributed by atoms with Crippen molar-refractivity contribution in [3.63, 3.8) is 0 Å². The van der Waals surface area contributed by atoms with Crippen LogP contribution in [0.4, 0.5) is 0 Å². The number of aryl methyl sites for hydroxylation is 1. The summed E-state index contributed by atoms with van der Waals surface area (Å²) in [5, 5.41) is 13.5. The van der Waals surface area contributed by atoms with E-state index in [2.05, 4.69) is 10.1 Å². The fourth-order valence-electron chi connectivity index (χ4n) is 0.931. The molecule has 1 rings (SSSR count). The minimum absolute atomic E-state index is 0.128. The summed E-state index contributed by atoms with van der Waals surface area (Å²) < 4.78 is 1.69. The van der Waals surface area contributed by atoms with E-state index < -0.39 is 0 Å². The van der Waals surface area contributed by atoms with Crippen LogP contribution in [0.25, 0.3) is 0 Å². The van der Waals surface area contributed by atoms with E-state index in [0.717, 1.165) is 10.9 Å². The zero-order valence-corrected chi connectivity index (χ0v) is 8.41. The van der Waals surface area contributed by atoms with Crippen LogP contribution < -0.4 is 0 Å². The molecule has 0 atom stereocenters. The maximum absolute atomic E-state index is 8.77. The first-order chi connectivity index (χ1) is 6.13. The lowest BCUT2D eigenvalue weighted by molar-refractivity contribution is 0.271. The largest absolute Gasteiger partial charge is 0.388 e. The maximum atomic E-state index is 8.77. The zero-order chi connectivity index (χ0) is 9.84. The van der Waals surface area contributed by atoms with E-state index in [1.165, 1.54) is 0 Å². The van der Waals surface area contributed by atoms with Gasteiger partial charge in [0.2, 0.25) is 0 Å². The molecule has 5 heteroatoms. The van der Waals surface area contributed by atoms with Gasteiger partial charge in [0.05, 0.1) is 6.54 Å². The average Bonchev–Trinajstić information content (AvgIpc) is 2.43. The molecule has 0 saturated heterocycles. The molecule has 0 spiro atoms. The minimum Gasteiger partial charge on any atom is -0.388 e. The predicted octanol–water partition coefficient (Wildman–Crippen LogP) is 1.22. The summed E-state index contributed by atoms with van der Waals surface area (Å²) in [7, 11) is 0. The van der Waals surface area contributed by atoms with E-state index in [-0.39, 0.29) is 6.61 Å². The van der Waals surface area contributed by atoms with Crippen LogP contribution in [-0.4, -0.2) is 19.9 Å². The lowest BCUT2D eigenvalue weighted by Gasteiger charge is -1.96. The molecule has 72 valence electrons. The van der Waals surface area contributed by atoms with Gasteiger partial charge in [0.25, 0.3) is 0 Å². The third kappa shape index (κ3) is 2.82. The number of hydrogen-bond acceptors (Lipinski definition) is 3. The van der Waals surface area contributed by atoms with Gasteiger partial charge >= 0.3 is 0 Å². The second kappa shape index (κ2) is 4.39. The summed E-state index contributed by atoms with van der Waals surface area (Å²) in [6.45, 7) is 4.11. The van der Waals surface area contributed by atoms with Crippen LogP contribution in [0.5, 0.6) is 0 Å². The van der Waals surface area contributed by atoms with Crippen LogP contribution in [0.1, 0.15) is 18.6 Å². The fraction of sp³-hybridized carbons (Fsp3) is 0.500. The lowest BCUT2D eigenvalue weighted by Crippen LogP contribution is -2.00. The summed E-state index contributed by atoms with van der Waals surface area (Å²) >= 11 is 5.67. The van der Waals surface area contributed by atoms with Gasteiger partial charge in [0.15, 0.2) is 5.82 Å². The molecular weight excluding hydrogens is 190 g/mol. The molecule has 0 aliphatic rings. The van der Waals surface area contributed by atoms with E-state index in [1.807, 2.05) is 13.0 Å². The smallest absolute Gasteiger partial charge is 0.176 e. The Bertz CT molecular complexity index is 315. The van der Waals surface area contributed by atoms with Crippen molar-refractivity contribution in [2.24, 2.45) is 0 Å². The Morgan fingerprint density at radius 1 is 1.69 bits per heavy atom. The third-order valence-corrected chi connectivity index (χ3v) is 1.74. The summed E-state index contributed by atoms with van der Waals surface area (Å²) in [6, 6.07) is 0. The van der Waals surface area contributed by atoms with Crippen LogP contribution >= 0.6 is 11.6 Å².